The molecule has 1 unspecified atom stereocenters. The Labute approximate surface area is 71.7 Å². The Kier molecular flexibility index (Phi) is 2.81. The van der Waals surface area contributed by atoms with Gasteiger partial charge in [0.05, 0.1) is 6.04 Å². The lowest BCUT2D eigenvalue weighted by Gasteiger charge is -2.29. The van der Waals surface area contributed by atoms with Crippen LogP contribution in [0, 0.1) is 0 Å². The Morgan fingerprint density at radius 3 is 2.50 bits per heavy atom. The molecule has 1 heterocycles. The summed E-state index contributed by atoms with van der Waals surface area (Å²) in [4.78, 5) is 10.5. The third-order valence-electron chi connectivity index (χ3n) is 1.98. The van der Waals surface area contributed by atoms with Gasteiger partial charge in [-0.2, -0.15) is 12.7 Å². The van der Waals surface area contributed by atoms with Crippen LogP contribution in [-0.4, -0.2) is 31.6 Å². The second kappa shape index (κ2) is 3.51. The minimum atomic E-state index is -3.69. The topological polar surface area (TPSA) is 80.5 Å². The van der Waals surface area contributed by atoms with E-state index in [4.69, 9.17) is 5.14 Å². The first-order chi connectivity index (χ1) is 5.55. The van der Waals surface area contributed by atoms with Gasteiger partial charge in [0.25, 0.3) is 10.2 Å². The number of carbonyl (C=O) groups is 1. The molecule has 0 amide bonds. The van der Waals surface area contributed by atoms with Crippen LogP contribution in [0.1, 0.15) is 19.3 Å². The van der Waals surface area contributed by atoms with Gasteiger partial charge in [0.1, 0.15) is 6.29 Å². The van der Waals surface area contributed by atoms with Gasteiger partial charge in [-0.1, -0.05) is 6.42 Å². The van der Waals surface area contributed by atoms with Crippen LogP contribution in [0.5, 0.6) is 0 Å². The molecule has 70 valence electrons. The summed E-state index contributed by atoms with van der Waals surface area (Å²) in [6, 6.07) is -0.547. The van der Waals surface area contributed by atoms with Crippen LogP contribution in [0.15, 0.2) is 0 Å². The van der Waals surface area contributed by atoms with E-state index in [1.807, 2.05) is 0 Å². The van der Waals surface area contributed by atoms with Gasteiger partial charge in [-0.3, -0.25) is 0 Å². The molecule has 1 saturated heterocycles. The van der Waals surface area contributed by atoms with Crippen molar-refractivity contribution in [3.8, 4) is 0 Å². The Bertz CT molecular complexity index is 262. The van der Waals surface area contributed by atoms with E-state index < -0.39 is 16.3 Å². The normalized spacial score (nSPS) is 26.9. The third-order valence-corrected chi connectivity index (χ3v) is 3.09. The molecule has 5 nitrogen and oxygen atoms in total. The molecule has 0 spiro atoms. The van der Waals surface area contributed by atoms with E-state index in [0.717, 1.165) is 17.1 Å². The fourth-order valence-electron chi connectivity index (χ4n) is 1.38. The largest absolute Gasteiger partial charge is 0.302 e. The average Bonchev–Trinajstić information content (AvgIpc) is 2.03. The fraction of sp³-hybridized carbons (Fsp3) is 0.833. The molecule has 1 atom stereocenters. The fourth-order valence-corrected chi connectivity index (χ4v) is 2.30. The minimum Gasteiger partial charge on any atom is -0.302 e. The summed E-state index contributed by atoms with van der Waals surface area (Å²) in [6.45, 7) is 0.363. The Morgan fingerprint density at radius 2 is 2.08 bits per heavy atom. The van der Waals surface area contributed by atoms with Gasteiger partial charge in [0.15, 0.2) is 0 Å². The van der Waals surface area contributed by atoms with E-state index in [0.29, 0.717) is 19.3 Å². The first-order valence-corrected chi connectivity index (χ1v) is 5.31. The lowest BCUT2D eigenvalue weighted by atomic mass is 10.1. The predicted octanol–water partition coefficient (Wildman–Crippen LogP) is -0.757. The number of aldehydes is 1. The van der Waals surface area contributed by atoms with Crippen LogP contribution in [0.3, 0.4) is 0 Å². The molecule has 0 aromatic heterocycles. The van der Waals surface area contributed by atoms with E-state index in [2.05, 4.69) is 0 Å². The van der Waals surface area contributed by atoms with Gasteiger partial charge in [-0.25, -0.2) is 5.14 Å². The van der Waals surface area contributed by atoms with Gasteiger partial charge < -0.3 is 4.79 Å². The summed E-state index contributed by atoms with van der Waals surface area (Å²) in [5.41, 5.74) is 0. The first kappa shape index (κ1) is 9.63. The number of nitrogens with two attached hydrogens (primary N) is 1. The highest BCUT2D eigenvalue weighted by Crippen LogP contribution is 2.16. The summed E-state index contributed by atoms with van der Waals surface area (Å²) in [6.07, 6.45) is 2.89. The maximum atomic E-state index is 10.9. The molecule has 12 heavy (non-hydrogen) atoms. The van der Waals surface area contributed by atoms with Crippen LogP contribution < -0.4 is 5.14 Å². The number of hydrogen-bond donors (Lipinski definition) is 1. The average molecular weight is 192 g/mol. The summed E-state index contributed by atoms with van der Waals surface area (Å²) in [5.74, 6) is 0. The third kappa shape index (κ3) is 2.02. The minimum absolute atomic E-state index is 0.363. The molecule has 0 aliphatic carbocycles. The van der Waals surface area contributed by atoms with Crippen molar-refractivity contribution in [2.24, 2.45) is 5.14 Å². The lowest BCUT2D eigenvalue weighted by Crippen LogP contribution is -2.47. The molecular formula is C6H12N2O3S. The zero-order valence-corrected chi connectivity index (χ0v) is 7.46. The summed E-state index contributed by atoms with van der Waals surface area (Å²) in [7, 11) is -3.69. The van der Waals surface area contributed by atoms with Crippen LogP contribution in [0.25, 0.3) is 0 Å². The maximum Gasteiger partial charge on any atom is 0.277 e. The summed E-state index contributed by atoms with van der Waals surface area (Å²) >= 11 is 0. The highest BCUT2D eigenvalue weighted by atomic mass is 32.2. The number of carbonyl (C=O) groups excluding carboxylic acids is 1. The van der Waals surface area contributed by atoms with E-state index in [1.54, 1.807) is 0 Å². The van der Waals surface area contributed by atoms with Crippen molar-refractivity contribution >= 4 is 16.5 Å². The van der Waals surface area contributed by atoms with Gasteiger partial charge >= 0.3 is 0 Å². The highest BCUT2D eigenvalue weighted by molar-refractivity contribution is 7.86. The van der Waals surface area contributed by atoms with Crippen LogP contribution in [0.4, 0.5) is 0 Å². The van der Waals surface area contributed by atoms with Crippen molar-refractivity contribution in [2.45, 2.75) is 25.3 Å². The maximum absolute atomic E-state index is 10.9. The van der Waals surface area contributed by atoms with Crippen molar-refractivity contribution in [3.63, 3.8) is 0 Å². The van der Waals surface area contributed by atoms with Crippen molar-refractivity contribution in [3.05, 3.63) is 0 Å². The second-order valence-corrected chi connectivity index (χ2v) is 4.35. The number of hydrogen-bond acceptors (Lipinski definition) is 3. The van der Waals surface area contributed by atoms with Gasteiger partial charge in [-0.15, -0.1) is 0 Å². The molecule has 2 N–H and O–H groups in total. The van der Waals surface area contributed by atoms with Crippen molar-refractivity contribution < 1.29 is 13.2 Å². The molecule has 6 heteroatoms. The lowest BCUT2D eigenvalue weighted by molar-refractivity contribution is -0.111. The van der Waals surface area contributed by atoms with Gasteiger partial charge in [0.2, 0.25) is 0 Å². The highest BCUT2D eigenvalue weighted by Gasteiger charge is 2.29. The molecule has 1 rings (SSSR count). The van der Waals surface area contributed by atoms with Crippen LogP contribution in [-0.2, 0) is 15.0 Å². The summed E-state index contributed by atoms with van der Waals surface area (Å²) < 4.78 is 22.9. The van der Waals surface area contributed by atoms with Crippen LogP contribution in [0.2, 0.25) is 0 Å². The Hall–Kier alpha value is -0.460. The molecular weight excluding hydrogens is 180 g/mol. The van der Waals surface area contributed by atoms with Crippen LogP contribution >= 0.6 is 0 Å². The SMILES string of the molecule is NS(=O)(=O)N1CCCCC1C=O. The molecule has 0 radical (unpaired) electrons. The molecule has 0 aromatic rings. The summed E-state index contributed by atoms with van der Waals surface area (Å²) in [5, 5.41) is 4.92. The van der Waals surface area contributed by atoms with E-state index in [9.17, 15) is 13.2 Å². The van der Waals surface area contributed by atoms with Gasteiger partial charge in [-0.05, 0) is 12.8 Å². The van der Waals surface area contributed by atoms with Crippen molar-refractivity contribution in [1.29, 1.82) is 0 Å². The smallest absolute Gasteiger partial charge is 0.277 e. The van der Waals surface area contributed by atoms with Crippen molar-refractivity contribution in [2.75, 3.05) is 6.54 Å². The second-order valence-electron chi connectivity index (χ2n) is 2.85. The molecule has 0 saturated carbocycles. The number of nitrogens with zero attached hydrogens (tertiary/aromatic N) is 1. The molecule has 1 aliphatic rings. The molecule has 1 fully saturated rings. The number of rotatable bonds is 2. The Balaban J connectivity index is 2.79. The quantitative estimate of drug-likeness (QED) is 0.584. The van der Waals surface area contributed by atoms with E-state index in [-0.39, 0.29) is 0 Å². The first-order valence-electron chi connectivity index (χ1n) is 3.80. The Morgan fingerprint density at radius 1 is 1.42 bits per heavy atom. The molecule has 0 bridgehead atoms. The number of piperidine rings is 1. The van der Waals surface area contributed by atoms with E-state index in [1.165, 1.54) is 0 Å². The molecule has 1 aliphatic heterocycles. The van der Waals surface area contributed by atoms with Gasteiger partial charge in [0, 0.05) is 6.54 Å². The zero-order valence-electron chi connectivity index (χ0n) is 6.64. The predicted molar refractivity (Wildman–Crippen MR) is 43.5 cm³/mol. The monoisotopic (exact) mass is 192 g/mol. The zero-order chi connectivity index (χ0) is 9.19. The van der Waals surface area contributed by atoms with E-state index >= 15 is 0 Å². The standard InChI is InChI=1S/C6H12N2O3S/c7-12(10,11)8-4-2-1-3-6(8)5-9/h5-6H,1-4H2,(H2,7,10,11). The van der Waals surface area contributed by atoms with Crippen molar-refractivity contribution in [1.82, 2.24) is 4.31 Å². The molecule has 0 aromatic carbocycles.